The van der Waals surface area contributed by atoms with Crippen LogP contribution in [-0.4, -0.2) is 18.6 Å². The van der Waals surface area contributed by atoms with Gasteiger partial charge in [-0.15, -0.1) is 0 Å². The first kappa shape index (κ1) is 15.1. The van der Waals surface area contributed by atoms with Crippen molar-refractivity contribution in [3.63, 3.8) is 0 Å². The van der Waals surface area contributed by atoms with Crippen molar-refractivity contribution in [2.24, 2.45) is 0 Å². The highest BCUT2D eigenvalue weighted by Crippen LogP contribution is 2.32. The predicted octanol–water partition coefficient (Wildman–Crippen LogP) is 3.60. The van der Waals surface area contributed by atoms with Crippen LogP contribution in [0.15, 0.2) is 82.6 Å². The number of phenolic OH excluding ortho intramolecular Hbond substituents is 2. The van der Waals surface area contributed by atoms with E-state index in [2.05, 4.69) is 0 Å². The Bertz CT molecular complexity index is 931. The fraction of sp³-hybridized carbons (Fsp3) is 0. The van der Waals surface area contributed by atoms with Crippen LogP contribution in [0.1, 0.15) is 0 Å². The lowest BCUT2D eigenvalue weighted by atomic mass is 10.1. The molecular weight excluding hydrogens is 312 g/mol. The van der Waals surface area contributed by atoms with E-state index in [1.165, 1.54) is 18.2 Å². The second-order valence-electron chi connectivity index (χ2n) is 5.05. The third kappa shape index (κ3) is 2.91. The van der Waals surface area contributed by atoms with Crippen LogP contribution in [0.5, 0.6) is 11.5 Å². The quantitative estimate of drug-likeness (QED) is 0.721. The molecule has 0 atom stereocenters. The molecule has 3 rings (SSSR count). The summed E-state index contributed by atoms with van der Waals surface area (Å²) in [4.78, 5) is -0.261. The molecule has 0 aliphatic rings. The third-order valence-electron chi connectivity index (χ3n) is 3.50. The van der Waals surface area contributed by atoms with Gasteiger partial charge in [-0.3, -0.25) is 0 Å². The van der Waals surface area contributed by atoms with Crippen LogP contribution in [0.25, 0.3) is 11.1 Å². The first-order chi connectivity index (χ1) is 11.0. The molecule has 0 heterocycles. The predicted molar refractivity (Wildman–Crippen MR) is 87.1 cm³/mol. The second-order valence-corrected chi connectivity index (χ2v) is 6.96. The fourth-order valence-corrected chi connectivity index (χ4v) is 3.67. The van der Waals surface area contributed by atoms with Crippen molar-refractivity contribution in [2.45, 2.75) is 9.79 Å². The molecule has 3 aromatic rings. The van der Waals surface area contributed by atoms with Crippen LogP contribution >= 0.6 is 0 Å². The minimum atomic E-state index is -3.90. The summed E-state index contributed by atoms with van der Waals surface area (Å²) >= 11 is 0. The van der Waals surface area contributed by atoms with E-state index in [1.54, 1.807) is 12.1 Å². The van der Waals surface area contributed by atoms with Gasteiger partial charge in [0.25, 0.3) is 0 Å². The standard InChI is InChI=1S/C18H14O4S/c19-15-8-11-17(20)18(12-15)23(21,22)16-9-6-14(7-10-16)13-4-2-1-3-5-13/h1-12,19-20H. The Morgan fingerprint density at radius 3 is 1.96 bits per heavy atom. The average molecular weight is 326 g/mol. The highest BCUT2D eigenvalue weighted by Gasteiger charge is 2.22. The summed E-state index contributed by atoms with van der Waals surface area (Å²) in [6, 6.07) is 19.4. The zero-order valence-corrected chi connectivity index (χ0v) is 12.9. The normalized spacial score (nSPS) is 11.3. The largest absolute Gasteiger partial charge is 0.508 e. The molecule has 116 valence electrons. The van der Waals surface area contributed by atoms with Gasteiger partial charge < -0.3 is 10.2 Å². The monoisotopic (exact) mass is 326 g/mol. The third-order valence-corrected chi connectivity index (χ3v) is 5.30. The van der Waals surface area contributed by atoms with Gasteiger partial charge in [0.15, 0.2) is 0 Å². The molecule has 3 aromatic carbocycles. The van der Waals surface area contributed by atoms with E-state index in [0.717, 1.165) is 23.3 Å². The number of hydrogen-bond donors (Lipinski definition) is 2. The van der Waals surface area contributed by atoms with Crippen molar-refractivity contribution < 1.29 is 18.6 Å². The van der Waals surface area contributed by atoms with Crippen molar-refractivity contribution in [1.82, 2.24) is 0 Å². The van der Waals surface area contributed by atoms with Crippen molar-refractivity contribution in [1.29, 1.82) is 0 Å². The second kappa shape index (κ2) is 5.78. The summed E-state index contributed by atoms with van der Waals surface area (Å²) in [6.45, 7) is 0. The molecule has 0 saturated heterocycles. The number of benzene rings is 3. The smallest absolute Gasteiger partial charge is 0.210 e. The summed E-state index contributed by atoms with van der Waals surface area (Å²) in [5.41, 5.74) is 1.88. The van der Waals surface area contributed by atoms with Crippen molar-refractivity contribution in [3.8, 4) is 22.6 Å². The number of hydrogen-bond acceptors (Lipinski definition) is 4. The number of rotatable bonds is 3. The van der Waals surface area contributed by atoms with Crippen LogP contribution in [0, 0.1) is 0 Å². The van der Waals surface area contributed by atoms with Gasteiger partial charge in [0, 0.05) is 6.07 Å². The zero-order valence-electron chi connectivity index (χ0n) is 12.0. The maximum absolute atomic E-state index is 12.6. The molecule has 0 aliphatic carbocycles. The first-order valence-electron chi connectivity index (χ1n) is 6.91. The molecule has 0 unspecified atom stereocenters. The van der Waals surface area contributed by atoms with Gasteiger partial charge in [0.2, 0.25) is 9.84 Å². The van der Waals surface area contributed by atoms with E-state index in [4.69, 9.17) is 0 Å². The van der Waals surface area contributed by atoms with Crippen LogP contribution in [0.2, 0.25) is 0 Å². The minimum Gasteiger partial charge on any atom is -0.508 e. The topological polar surface area (TPSA) is 74.6 Å². The molecule has 0 radical (unpaired) electrons. The van der Waals surface area contributed by atoms with Gasteiger partial charge in [0.05, 0.1) is 4.90 Å². The van der Waals surface area contributed by atoms with Gasteiger partial charge in [0.1, 0.15) is 16.4 Å². The summed E-state index contributed by atoms with van der Waals surface area (Å²) in [5, 5.41) is 19.2. The van der Waals surface area contributed by atoms with Gasteiger partial charge in [-0.25, -0.2) is 8.42 Å². The lowest BCUT2D eigenvalue weighted by molar-refractivity contribution is 0.445. The summed E-state index contributed by atoms with van der Waals surface area (Å²) in [5.74, 6) is -0.614. The summed E-state index contributed by atoms with van der Waals surface area (Å²) < 4.78 is 25.2. The number of aromatic hydroxyl groups is 2. The Morgan fingerprint density at radius 1 is 0.696 bits per heavy atom. The molecule has 23 heavy (non-hydrogen) atoms. The van der Waals surface area contributed by atoms with Gasteiger partial charge in [-0.2, -0.15) is 0 Å². The summed E-state index contributed by atoms with van der Waals surface area (Å²) in [6.07, 6.45) is 0. The van der Waals surface area contributed by atoms with Crippen molar-refractivity contribution in [2.75, 3.05) is 0 Å². The molecule has 4 nitrogen and oxygen atoms in total. The van der Waals surface area contributed by atoms with E-state index < -0.39 is 15.6 Å². The molecule has 0 bridgehead atoms. The Kier molecular flexibility index (Phi) is 3.80. The highest BCUT2D eigenvalue weighted by atomic mass is 32.2. The minimum absolute atomic E-state index is 0.0538. The molecule has 0 aliphatic heterocycles. The maximum Gasteiger partial charge on any atom is 0.210 e. The Hall–Kier alpha value is -2.79. The molecule has 5 heteroatoms. The van der Waals surface area contributed by atoms with Crippen LogP contribution in [0.4, 0.5) is 0 Å². The molecular formula is C18H14O4S. The first-order valence-corrected chi connectivity index (χ1v) is 8.39. The molecule has 2 N–H and O–H groups in total. The van der Waals surface area contributed by atoms with E-state index in [-0.39, 0.29) is 15.5 Å². The van der Waals surface area contributed by atoms with Crippen molar-refractivity contribution in [3.05, 3.63) is 72.8 Å². The summed E-state index contributed by atoms with van der Waals surface area (Å²) in [7, 11) is -3.90. The molecule has 0 aromatic heterocycles. The number of phenols is 2. The Labute approximate surface area is 134 Å². The van der Waals surface area contributed by atoms with Crippen LogP contribution in [0.3, 0.4) is 0 Å². The lowest BCUT2D eigenvalue weighted by Gasteiger charge is -2.08. The van der Waals surface area contributed by atoms with E-state index in [1.807, 2.05) is 30.3 Å². The van der Waals surface area contributed by atoms with Gasteiger partial charge >= 0.3 is 0 Å². The number of sulfone groups is 1. The highest BCUT2D eigenvalue weighted by molar-refractivity contribution is 7.91. The maximum atomic E-state index is 12.6. The van der Waals surface area contributed by atoms with E-state index in [9.17, 15) is 18.6 Å². The lowest BCUT2D eigenvalue weighted by Crippen LogP contribution is -2.02. The SMILES string of the molecule is O=S(=O)(c1ccc(-c2ccccc2)cc1)c1cc(O)ccc1O. The molecule has 0 amide bonds. The van der Waals surface area contributed by atoms with Crippen LogP contribution < -0.4 is 0 Å². The zero-order chi connectivity index (χ0) is 16.4. The van der Waals surface area contributed by atoms with E-state index in [0.29, 0.717) is 0 Å². The molecule has 0 fully saturated rings. The fourth-order valence-electron chi connectivity index (χ4n) is 2.30. The Balaban J connectivity index is 2.03. The van der Waals surface area contributed by atoms with Gasteiger partial charge in [-0.05, 0) is 35.4 Å². The Morgan fingerprint density at radius 2 is 1.30 bits per heavy atom. The molecule has 0 saturated carbocycles. The van der Waals surface area contributed by atoms with E-state index >= 15 is 0 Å². The average Bonchev–Trinajstić information content (AvgIpc) is 2.58. The van der Waals surface area contributed by atoms with Gasteiger partial charge in [-0.1, -0.05) is 42.5 Å². The van der Waals surface area contributed by atoms with Crippen LogP contribution in [-0.2, 0) is 9.84 Å². The van der Waals surface area contributed by atoms with Crippen molar-refractivity contribution >= 4 is 9.84 Å². The molecule has 0 spiro atoms.